The van der Waals surface area contributed by atoms with Crippen LogP contribution in [0.2, 0.25) is 0 Å². The zero-order chi connectivity index (χ0) is 15.9. The van der Waals surface area contributed by atoms with Crippen molar-refractivity contribution in [3.63, 3.8) is 0 Å². The van der Waals surface area contributed by atoms with Crippen LogP contribution in [0.15, 0.2) is 60.7 Å². The monoisotopic (exact) mass is 284 g/mol. The van der Waals surface area contributed by atoms with E-state index >= 15 is 0 Å². The van der Waals surface area contributed by atoms with Crippen molar-refractivity contribution in [2.24, 2.45) is 0 Å². The zero-order valence-electron chi connectivity index (χ0n) is 14.2. The van der Waals surface area contributed by atoms with E-state index < -0.39 is 0 Å². The minimum atomic E-state index is -0.165. The maximum atomic E-state index is 5.32. The fourth-order valence-corrected chi connectivity index (χ4v) is 1.90. The van der Waals surface area contributed by atoms with Gasteiger partial charge in [0.25, 0.3) is 0 Å². The van der Waals surface area contributed by atoms with Gasteiger partial charge in [0.2, 0.25) is 0 Å². The zero-order valence-corrected chi connectivity index (χ0v) is 14.2. The van der Waals surface area contributed by atoms with E-state index in [0.717, 1.165) is 0 Å². The third-order valence-electron chi connectivity index (χ3n) is 3.62. The second-order valence-corrected chi connectivity index (χ2v) is 6.70. The van der Waals surface area contributed by atoms with E-state index in [0.29, 0.717) is 5.41 Å². The molecule has 0 aliphatic heterocycles. The molecule has 2 rings (SSSR count). The summed E-state index contributed by atoms with van der Waals surface area (Å²) in [5.74, 6) is 0. The third-order valence-corrected chi connectivity index (χ3v) is 3.62. The Labute approximate surface area is 130 Å². The first-order valence-electron chi connectivity index (χ1n) is 7.43. The highest BCUT2D eigenvalue weighted by Crippen LogP contribution is 2.22. The van der Waals surface area contributed by atoms with E-state index in [1.165, 1.54) is 11.1 Å². The van der Waals surface area contributed by atoms with Crippen LogP contribution in [0.5, 0.6) is 0 Å². The van der Waals surface area contributed by atoms with Gasteiger partial charge in [0, 0.05) is 7.11 Å². The molecule has 2 aromatic rings. The smallest absolute Gasteiger partial charge is 0.0871 e. The molecule has 21 heavy (non-hydrogen) atoms. The third kappa shape index (κ3) is 5.73. The van der Waals surface area contributed by atoms with Crippen molar-refractivity contribution in [3.05, 3.63) is 71.8 Å². The van der Waals surface area contributed by atoms with Gasteiger partial charge in [-0.05, 0) is 30.4 Å². The van der Waals surface area contributed by atoms with E-state index in [2.05, 4.69) is 77.1 Å². The fourth-order valence-electron chi connectivity index (χ4n) is 1.90. The van der Waals surface area contributed by atoms with Crippen molar-refractivity contribution in [3.8, 4) is 0 Å². The van der Waals surface area contributed by atoms with E-state index in [1.807, 2.05) is 18.2 Å². The summed E-state index contributed by atoms with van der Waals surface area (Å²) in [6.45, 7) is 10.8. The van der Waals surface area contributed by atoms with Gasteiger partial charge in [-0.3, -0.25) is 0 Å². The van der Waals surface area contributed by atoms with Gasteiger partial charge in [-0.2, -0.15) is 0 Å². The van der Waals surface area contributed by atoms with Gasteiger partial charge in [-0.1, -0.05) is 81.4 Å². The lowest BCUT2D eigenvalue weighted by atomic mass is 9.87. The van der Waals surface area contributed by atoms with Crippen LogP contribution < -0.4 is 0 Å². The number of ether oxygens (including phenoxy) is 1. The summed E-state index contributed by atoms with van der Waals surface area (Å²) in [5.41, 5.74) is 2.74. The van der Waals surface area contributed by atoms with Crippen molar-refractivity contribution in [1.82, 2.24) is 0 Å². The predicted octanol–water partition coefficient (Wildman–Crippen LogP) is 5.55. The predicted molar refractivity (Wildman–Crippen MR) is 91.6 cm³/mol. The number of rotatable bonds is 2. The van der Waals surface area contributed by atoms with Gasteiger partial charge >= 0.3 is 0 Å². The highest BCUT2D eigenvalue weighted by molar-refractivity contribution is 5.22. The van der Waals surface area contributed by atoms with Crippen LogP contribution >= 0.6 is 0 Å². The molecule has 0 heterocycles. The van der Waals surface area contributed by atoms with Crippen LogP contribution in [0.4, 0.5) is 0 Å². The molecule has 0 atom stereocenters. The Kier molecular flexibility index (Phi) is 6.17. The Morgan fingerprint density at radius 2 is 1.00 bits per heavy atom. The molecule has 0 aliphatic carbocycles. The van der Waals surface area contributed by atoms with Gasteiger partial charge in [0.15, 0.2) is 0 Å². The summed E-state index contributed by atoms with van der Waals surface area (Å²) in [6.07, 6.45) is 0. The first kappa shape index (κ1) is 17.5. The molecule has 0 saturated carbocycles. The second kappa shape index (κ2) is 7.42. The van der Waals surface area contributed by atoms with Crippen molar-refractivity contribution in [2.75, 3.05) is 7.11 Å². The summed E-state index contributed by atoms with van der Waals surface area (Å²) in [7, 11) is 1.73. The fraction of sp³-hybridized carbons (Fsp3) is 0.400. The number of methoxy groups -OCH3 is 1. The van der Waals surface area contributed by atoms with Crippen molar-refractivity contribution < 1.29 is 4.74 Å². The van der Waals surface area contributed by atoms with Crippen LogP contribution in [0.3, 0.4) is 0 Å². The van der Waals surface area contributed by atoms with Crippen molar-refractivity contribution >= 4 is 0 Å². The summed E-state index contributed by atoms with van der Waals surface area (Å²) in [6, 6.07) is 20.8. The van der Waals surface area contributed by atoms with E-state index in [4.69, 9.17) is 4.74 Å². The number of hydrogen-bond donors (Lipinski definition) is 0. The molecule has 0 spiro atoms. The number of hydrogen-bond acceptors (Lipinski definition) is 1. The lowest BCUT2D eigenvalue weighted by Crippen LogP contribution is -2.18. The minimum absolute atomic E-state index is 0.165. The molecule has 0 aliphatic rings. The molecule has 114 valence electrons. The van der Waals surface area contributed by atoms with Crippen LogP contribution in [0, 0.1) is 0 Å². The normalized spacial score (nSPS) is 11.5. The lowest BCUT2D eigenvalue weighted by molar-refractivity contribution is 0.0192. The topological polar surface area (TPSA) is 9.23 Å². The summed E-state index contributed by atoms with van der Waals surface area (Å²) >= 11 is 0. The van der Waals surface area contributed by atoms with Gasteiger partial charge < -0.3 is 4.74 Å². The van der Waals surface area contributed by atoms with Crippen molar-refractivity contribution in [2.45, 2.75) is 45.6 Å². The van der Waals surface area contributed by atoms with Crippen LogP contribution in [-0.2, 0) is 15.8 Å². The molecule has 0 radical (unpaired) electrons. The summed E-state index contributed by atoms with van der Waals surface area (Å²) in [5, 5.41) is 0. The Hall–Kier alpha value is -1.60. The Balaban J connectivity index is 0.000000211. The molecule has 0 unspecified atom stereocenters. The summed E-state index contributed by atoms with van der Waals surface area (Å²) < 4.78 is 5.32. The second-order valence-electron chi connectivity index (χ2n) is 6.70. The van der Waals surface area contributed by atoms with E-state index in [-0.39, 0.29) is 5.60 Å². The van der Waals surface area contributed by atoms with E-state index in [9.17, 15) is 0 Å². The first-order chi connectivity index (χ1) is 9.77. The molecular formula is C20H28O. The average Bonchev–Trinajstić information content (AvgIpc) is 2.49. The van der Waals surface area contributed by atoms with Gasteiger partial charge in [-0.25, -0.2) is 0 Å². The van der Waals surface area contributed by atoms with Crippen LogP contribution in [0.25, 0.3) is 0 Å². The average molecular weight is 284 g/mol. The maximum Gasteiger partial charge on any atom is 0.0871 e. The van der Waals surface area contributed by atoms with Gasteiger partial charge in [0.05, 0.1) is 5.60 Å². The van der Waals surface area contributed by atoms with Gasteiger partial charge in [-0.15, -0.1) is 0 Å². The Morgan fingerprint density at radius 1 is 0.619 bits per heavy atom. The van der Waals surface area contributed by atoms with Gasteiger partial charge in [0.1, 0.15) is 0 Å². The number of benzene rings is 2. The molecule has 0 N–H and O–H groups in total. The molecule has 0 saturated heterocycles. The van der Waals surface area contributed by atoms with E-state index in [1.54, 1.807) is 7.11 Å². The molecule has 1 heteroatoms. The largest absolute Gasteiger partial charge is 0.374 e. The summed E-state index contributed by atoms with van der Waals surface area (Å²) in [4.78, 5) is 0. The van der Waals surface area contributed by atoms with Crippen molar-refractivity contribution in [1.29, 1.82) is 0 Å². The molecule has 0 amide bonds. The highest BCUT2D eigenvalue weighted by Gasteiger charge is 2.17. The molecular weight excluding hydrogens is 256 g/mol. The first-order valence-corrected chi connectivity index (χ1v) is 7.43. The molecule has 0 bridgehead atoms. The quantitative estimate of drug-likeness (QED) is 0.702. The molecule has 2 aromatic carbocycles. The highest BCUT2D eigenvalue weighted by atomic mass is 16.5. The van der Waals surface area contributed by atoms with Crippen LogP contribution in [-0.4, -0.2) is 7.11 Å². The molecule has 1 nitrogen and oxygen atoms in total. The van der Waals surface area contributed by atoms with Crippen LogP contribution in [0.1, 0.15) is 45.7 Å². The molecule has 0 aromatic heterocycles. The standard InChI is InChI=1S/C10H14O.C10H14/c1-10(2,11-3)9-7-5-4-6-8-9;1-10(2,3)9-7-5-4-6-8-9/h4-8H,1-3H3;4-8H,1-3H3. The Bertz CT molecular complexity index is 507. The minimum Gasteiger partial charge on any atom is -0.374 e. The molecule has 0 fully saturated rings. The SMILES string of the molecule is CC(C)(C)c1ccccc1.COC(C)(C)c1ccccc1. The maximum absolute atomic E-state index is 5.32. The Morgan fingerprint density at radius 3 is 1.29 bits per heavy atom. The lowest BCUT2D eigenvalue weighted by Gasteiger charge is -2.22.